The number of hydrogen-bond donors (Lipinski definition) is 0. The predicted molar refractivity (Wildman–Crippen MR) is 102 cm³/mol. The van der Waals surface area contributed by atoms with Crippen molar-refractivity contribution >= 4 is 11.9 Å². The number of halogens is 1. The van der Waals surface area contributed by atoms with Crippen LogP contribution in [0, 0.1) is 5.82 Å². The van der Waals surface area contributed by atoms with Gasteiger partial charge < -0.3 is 14.5 Å². The van der Waals surface area contributed by atoms with Crippen molar-refractivity contribution in [1.82, 2.24) is 19.8 Å². The van der Waals surface area contributed by atoms with Crippen LogP contribution in [0.3, 0.4) is 0 Å². The van der Waals surface area contributed by atoms with Crippen molar-refractivity contribution in [2.45, 2.75) is 6.10 Å². The lowest BCUT2D eigenvalue weighted by Gasteiger charge is -2.37. The summed E-state index contributed by atoms with van der Waals surface area (Å²) < 4.78 is 18.9. The van der Waals surface area contributed by atoms with Crippen molar-refractivity contribution in [2.75, 3.05) is 57.3 Å². The average molecular weight is 385 g/mol. The summed E-state index contributed by atoms with van der Waals surface area (Å²) in [7, 11) is 0. The first-order chi connectivity index (χ1) is 13.7. The number of benzene rings is 1. The fourth-order valence-electron chi connectivity index (χ4n) is 3.61. The minimum absolute atomic E-state index is 0.111. The van der Waals surface area contributed by atoms with Crippen LogP contribution in [0.25, 0.3) is 0 Å². The van der Waals surface area contributed by atoms with Crippen LogP contribution in [0.2, 0.25) is 0 Å². The van der Waals surface area contributed by atoms with E-state index in [-0.39, 0.29) is 17.8 Å². The van der Waals surface area contributed by atoms with Gasteiger partial charge in [-0.15, -0.1) is 0 Å². The maximum absolute atomic E-state index is 13.1. The molecule has 4 rings (SSSR count). The van der Waals surface area contributed by atoms with Gasteiger partial charge in [0.15, 0.2) is 0 Å². The van der Waals surface area contributed by atoms with Gasteiger partial charge in [-0.3, -0.25) is 9.69 Å². The van der Waals surface area contributed by atoms with E-state index in [1.165, 1.54) is 12.1 Å². The van der Waals surface area contributed by atoms with Crippen LogP contribution in [0.15, 0.2) is 42.7 Å². The maximum Gasteiger partial charge on any atom is 0.236 e. The first-order valence-corrected chi connectivity index (χ1v) is 9.58. The summed E-state index contributed by atoms with van der Waals surface area (Å²) in [6.07, 6.45) is 3.29. The highest BCUT2D eigenvalue weighted by atomic mass is 19.1. The Morgan fingerprint density at radius 3 is 2.50 bits per heavy atom. The van der Waals surface area contributed by atoms with Gasteiger partial charge in [0.1, 0.15) is 11.9 Å². The van der Waals surface area contributed by atoms with E-state index >= 15 is 0 Å². The van der Waals surface area contributed by atoms with Crippen molar-refractivity contribution in [3.8, 4) is 0 Å². The zero-order chi connectivity index (χ0) is 19.3. The Labute approximate surface area is 163 Å². The molecule has 0 bridgehead atoms. The third kappa shape index (κ3) is 4.45. The quantitative estimate of drug-likeness (QED) is 0.792. The van der Waals surface area contributed by atoms with E-state index in [1.54, 1.807) is 30.6 Å². The number of aromatic nitrogens is 2. The second-order valence-corrected chi connectivity index (χ2v) is 7.06. The van der Waals surface area contributed by atoms with Crippen LogP contribution >= 0.6 is 0 Å². The molecule has 1 atom stereocenters. The van der Waals surface area contributed by atoms with Gasteiger partial charge >= 0.3 is 0 Å². The Hall–Kier alpha value is -2.58. The van der Waals surface area contributed by atoms with Crippen molar-refractivity contribution < 1.29 is 13.9 Å². The molecule has 0 unspecified atom stereocenters. The highest BCUT2D eigenvalue weighted by Gasteiger charge is 2.27. The third-order valence-corrected chi connectivity index (χ3v) is 5.23. The lowest BCUT2D eigenvalue weighted by atomic mass is 10.1. The molecule has 8 heteroatoms. The molecule has 2 fully saturated rings. The molecule has 28 heavy (non-hydrogen) atoms. The number of morpholine rings is 1. The van der Waals surface area contributed by atoms with Crippen molar-refractivity contribution in [1.29, 1.82) is 0 Å². The largest absolute Gasteiger partial charge is 0.370 e. The molecular weight excluding hydrogens is 361 g/mol. The fraction of sp³-hybridized carbons (Fsp3) is 0.450. The molecule has 3 heterocycles. The number of amides is 1. The Balaban J connectivity index is 1.28. The molecule has 7 nitrogen and oxygen atoms in total. The molecule has 0 saturated carbocycles. The van der Waals surface area contributed by atoms with Crippen LogP contribution in [0.4, 0.5) is 10.3 Å². The zero-order valence-electron chi connectivity index (χ0n) is 15.7. The van der Waals surface area contributed by atoms with Gasteiger partial charge in [0, 0.05) is 45.1 Å². The minimum atomic E-state index is -0.271. The molecule has 0 radical (unpaired) electrons. The Morgan fingerprint density at radius 2 is 1.79 bits per heavy atom. The molecule has 0 N–H and O–H groups in total. The molecule has 1 aromatic heterocycles. The van der Waals surface area contributed by atoms with Crippen molar-refractivity contribution in [2.24, 2.45) is 0 Å². The fourth-order valence-corrected chi connectivity index (χ4v) is 3.61. The Morgan fingerprint density at radius 1 is 1.07 bits per heavy atom. The van der Waals surface area contributed by atoms with Gasteiger partial charge in [-0.1, -0.05) is 12.1 Å². The monoisotopic (exact) mass is 385 g/mol. The molecule has 0 spiro atoms. The standard InChI is InChI=1S/C20H24FN5O2/c21-17-4-2-16(3-5-17)18-14-26(12-13-28-18)19(27)15-24-8-10-25(11-9-24)20-22-6-1-7-23-20/h1-7,18H,8-15H2/t18-/m0/s1. The molecular formula is C20H24FN5O2. The number of hydrogen-bond acceptors (Lipinski definition) is 6. The zero-order valence-corrected chi connectivity index (χ0v) is 15.7. The SMILES string of the molecule is O=C(CN1CCN(c2ncccn2)CC1)N1CCO[C@H](c2ccc(F)cc2)C1. The minimum Gasteiger partial charge on any atom is -0.370 e. The molecule has 1 aromatic carbocycles. The van der Waals surface area contributed by atoms with Crippen molar-refractivity contribution in [3.05, 3.63) is 54.1 Å². The predicted octanol–water partition coefficient (Wildman–Crippen LogP) is 1.34. The van der Waals surface area contributed by atoms with Crippen LogP contribution in [-0.2, 0) is 9.53 Å². The first-order valence-electron chi connectivity index (χ1n) is 9.58. The first kappa shape index (κ1) is 18.8. The summed E-state index contributed by atoms with van der Waals surface area (Å²) in [5.74, 6) is 0.580. The molecule has 1 amide bonds. The molecule has 0 aliphatic carbocycles. The summed E-state index contributed by atoms with van der Waals surface area (Å²) in [5, 5.41) is 0. The second kappa shape index (κ2) is 8.62. The van der Waals surface area contributed by atoms with Gasteiger partial charge in [-0.05, 0) is 23.8 Å². The smallest absolute Gasteiger partial charge is 0.236 e. The maximum atomic E-state index is 13.1. The number of carbonyl (C=O) groups is 1. The highest BCUT2D eigenvalue weighted by Crippen LogP contribution is 2.22. The number of ether oxygens (including phenoxy) is 1. The van der Waals surface area contributed by atoms with Gasteiger partial charge in [0.2, 0.25) is 11.9 Å². The van der Waals surface area contributed by atoms with Crippen LogP contribution < -0.4 is 4.90 Å². The van der Waals surface area contributed by atoms with Crippen LogP contribution in [-0.4, -0.2) is 78.1 Å². The number of anilines is 1. The van der Waals surface area contributed by atoms with E-state index in [2.05, 4.69) is 19.8 Å². The molecule has 2 aliphatic heterocycles. The summed E-state index contributed by atoms with van der Waals surface area (Å²) in [6, 6.07) is 8.10. The number of carbonyl (C=O) groups excluding carboxylic acids is 1. The summed E-state index contributed by atoms with van der Waals surface area (Å²) in [4.78, 5) is 27.5. The van der Waals surface area contributed by atoms with E-state index in [0.29, 0.717) is 26.2 Å². The number of nitrogens with zero attached hydrogens (tertiary/aromatic N) is 5. The van der Waals surface area contributed by atoms with Crippen LogP contribution in [0.1, 0.15) is 11.7 Å². The Bertz CT molecular complexity index is 781. The average Bonchev–Trinajstić information content (AvgIpc) is 2.75. The van der Waals surface area contributed by atoms with E-state index in [9.17, 15) is 9.18 Å². The van der Waals surface area contributed by atoms with Gasteiger partial charge in [-0.25, -0.2) is 14.4 Å². The van der Waals surface area contributed by atoms with E-state index in [1.807, 2.05) is 4.90 Å². The lowest BCUT2D eigenvalue weighted by molar-refractivity contribution is -0.140. The lowest BCUT2D eigenvalue weighted by Crippen LogP contribution is -2.52. The van der Waals surface area contributed by atoms with Gasteiger partial charge in [0.25, 0.3) is 0 Å². The molecule has 2 saturated heterocycles. The molecule has 2 aliphatic rings. The van der Waals surface area contributed by atoms with E-state index in [0.717, 1.165) is 37.7 Å². The summed E-state index contributed by atoms with van der Waals surface area (Å²) in [5.41, 5.74) is 0.898. The molecule has 2 aromatic rings. The molecule has 148 valence electrons. The Kier molecular flexibility index (Phi) is 5.78. The van der Waals surface area contributed by atoms with Gasteiger partial charge in [0.05, 0.1) is 19.7 Å². The third-order valence-electron chi connectivity index (χ3n) is 5.23. The van der Waals surface area contributed by atoms with Crippen molar-refractivity contribution in [3.63, 3.8) is 0 Å². The summed E-state index contributed by atoms with van der Waals surface area (Å²) in [6.45, 7) is 5.20. The normalized spacial score (nSPS) is 21.0. The summed E-state index contributed by atoms with van der Waals surface area (Å²) >= 11 is 0. The number of rotatable bonds is 4. The number of piperazine rings is 1. The second-order valence-electron chi connectivity index (χ2n) is 7.06. The highest BCUT2D eigenvalue weighted by molar-refractivity contribution is 5.78. The topological polar surface area (TPSA) is 61.8 Å². The van der Waals surface area contributed by atoms with E-state index < -0.39 is 0 Å². The van der Waals surface area contributed by atoms with E-state index in [4.69, 9.17) is 4.74 Å². The van der Waals surface area contributed by atoms with Crippen LogP contribution in [0.5, 0.6) is 0 Å². The van der Waals surface area contributed by atoms with Gasteiger partial charge in [-0.2, -0.15) is 0 Å².